The van der Waals surface area contributed by atoms with Crippen molar-refractivity contribution in [2.75, 3.05) is 13.2 Å². The summed E-state index contributed by atoms with van der Waals surface area (Å²) >= 11 is 5.89. The topological polar surface area (TPSA) is 62.2 Å². The van der Waals surface area contributed by atoms with E-state index in [0.29, 0.717) is 23.7 Å². The quantitative estimate of drug-likeness (QED) is 0.789. The third-order valence-electron chi connectivity index (χ3n) is 2.99. The van der Waals surface area contributed by atoms with Crippen LogP contribution in [0.5, 0.6) is 0 Å². The van der Waals surface area contributed by atoms with Crippen molar-refractivity contribution >= 4 is 17.5 Å². The number of hydrogen-bond donors (Lipinski definition) is 2. The molecule has 1 amide bonds. The van der Waals surface area contributed by atoms with Crippen molar-refractivity contribution in [2.24, 2.45) is 5.41 Å². The molecule has 1 aromatic rings. The van der Waals surface area contributed by atoms with Gasteiger partial charge in [-0.2, -0.15) is 0 Å². The van der Waals surface area contributed by atoms with Crippen LogP contribution in [0.1, 0.15) is 43.2 Å². The minimum Gasteiger partial charge on any atom is -0.396 e. The predicted molar refractivity (Wildman–Crippen MR) is 76.4 cm³/mol. The molecular weight excluding hydrogens is 264 g/mol. The second-order valence-electron chi connectivity index (χ2n) is 5.34. The Morgan fingerprint density at radius 3 is 2.74 bits per heavy atom. The fraction of sp³-hybridized carbons (Fsp3) is 0.571. The Balaban J connectivity index is 2.71. The zero-order valence-corrected chi connectivity index (χ0v) is 12.4. The van der Waals surface area contributed by atoms with Gasteiger partial charge >= 0.3 is 0 Å². The Kier molecular flexibility index (Phi) is 5.76. The van der Waals surface area contributed by atoms with Crippen molar-refractivity contribution in [3.63, 3.8) is 0 Å². The third-order valence-corrected chi connectivity index (χ3v) is 3.18. The molecule has 0 aliphatic rings. The van der Waals surface area contributed by atoms with Crippen LogP contribution in [0.2, 0.25) is 5.15 Å². The highest BCUT2D eigenvalue weighted by Crippen LogP contribution is 2.18. The maximum absolute atomic E-state index is 12.1. The van der Waals surface area contributed by atoms with Gasteiger partial charge in [0.1, 0.15) is 5.15 Å². The molecule has 0 aliphatic heterocycles. The maximum Gasteiger partial charge on any atom is 0.251 e. The predicted octanol–water partition coefficient (Wildman–Crippen LogP) is 2.44. The Morgan fingerprint density at radius 2 is 2.16 bits per heavy atom. The number of amides is 1. The average molecular weight is 285 g/mol. The summed E-state index contributed by atoms with van der Waals surface area (Å²) in [6.45, 7) is 6.59. The lowest BCUT2D eigenvalue weighted by molar-refractivity contribution is 0.0928. The van der Waals surface area contributed by atoms with Crippen LogP contribution in [0.25, 0.3) is 0 Å². The first-order valence-electron chi connectivity index (χ1n) is 6.43. The molecule has 19 heavy (non-hydrogen) atoms. The van der Waals surface area contributed by atoms with Crippen LogP contribution >= 0.6 is 11.6 Å². The van der Waals surface area contributed by atoms with Gasteiger partial charge in [0.25, 0.3) is 5.91 Å². The molecule has 0 spiro atoms. The molecule has 0 unspecified atom stereocenters. The van der Waals surface area contributed by atoms with Crippen LogP contribution in [-0.4, -0.2) is 29.1 Å². The molecule has 106 valence electrons. The van der Waals surface area contributed by atoms with Gasteiger partial charge in [-0.05, 0) is 30.4 Å². The van der Waals surface area contributed by atoms with Crippen molar-refractivity contribution in [1.82, 2.24) is 10.3 Å². The van der Waals surface area contributed by atoms with E-state index < -0.39 is 0 Å². The Labute approximate surface area is 119 Å². The molecule has 1 rings (SSSR count). The van der Waals surface area contributed by atoms with Crippen LogP contribution in [-0.2, 0) is 6.42 Å². The Morgan fingerprint density at radius 1 is 1.47 bits per heavy atom. The summed E-state index contributed by atoms with van der Waals surface area (Å²) in [7, 11) is 0. The number of aliphatic hydroxyl groups excluding tert-OH is 1. The number of rotatable bonds is 6. The molecule has 0 aromatic carbocycles. The van der Waals surface area contributed by atoms with E-state index in [4.69, 9.17) is 16.7 Å². The molecule has 0 atom stereocenters. The third kappa shape index (κ3) is 5.17. The van der Waals surface area contributed by atoms with Crippen molar-refractivity contribution < 1.29 is 9.90 Å². The van der Waals surface area contributed by atoms with E-state index in [1.54, 1.807) is 12.1 Å². The number of carbonyl (C=O) groups excluding carboxylic acids is 1. The summed E-state index contributed by atoms with van der Waals surface area (Å²) in [6, 6.07) is 3.31. The van der Waals surface area contributed by atoms with Crippen LogP contribution in [0.3, 0.4) is 0 Å². The molecule has 4 nitrogen and oxygen atoms in total. The van der Waals surface area contributed by atoms with Gasteiger partial charge in [0.15, 0.2) is 0 Å². The van der Waals surface area contributed by atoms with Gasteiger partial charge in [-0.25, -0.2) is 4.98 Å². The lowest BCUT2D eigenvalue weighted by atomic mass is 9.89. The minimum absolute atomic E-state index is 0.115. The van der Waals surface area contributed by atoms with E-state index in [-0.39, 0.29) is 17.9 Å². The molecule has 0 saturated carbocycles. The fourth-order valence-corrected chi connectivity index (χ4v) is 1.90. The molecule has 0 bridgehead atoms. The minimum atomic E-state index is -0.162. The van der Waals surface area contributed by atoms with Crippen LogP contribution in [0.15, 0.2) is 12.1 Å². The van der Waals surface area contributed by atoms with Gasteiger partial charge in [0.2, 0.25) is 0 Å². The molecule has 1 heterocycles. The van der Waals surface area contributed by atoms with Crippen LogP contribution in [0.4, 0.5) is 0 Å². The molecule has 0 fully saturated rings. The highest BCUT2D eigenvalue weighted by atomic mass is 35.5. The zero-order valence-electron chi connectivity index (χ0n) is 11.7. The van der Waals surface area contributed by atoms with Crippen LogP contribution < -0.4 is 5.32 Å². The smallest absolute Gasteiger partial charge is 0.251 e. The largest absolute Gasteiger partial charge is 0.396 e. The number of hydrogen-bond acceptors (Lipinski definition) is 3. The first kappa shape index (κ1) is 15.9. The average Bonchev–Trinajstić information content (AvgIpc) is 2.35. The molecule has 0 radical (unpaired) electrons. The van der Waals surface area contributed by atoms with E-state index in [1.807, 2.05) is 20.8 Å². The van der Waals surface area contributed by atoms with E-state index in [0.717, 1.165) is 12.1 Å². The summed E-state index contributed by atoms with van der Waals surface area (Å²) in [5.74, 6) is -0.162. The SMILES string of the molecule is CCc1cc(C(=O)NCC(C)(C)CCO)cc(Cl)n1. The summed E-state index contributed by atoms with van der Waals surface area (Å²) in [5.41, 5.74) is 1.19. The molecule has 1 aromatic heterocycles. The Bertz CT molecular complexity index is 447. The van der Waals surface area contributed by atoms with E-state index in [1.165, 1.54) is 0 Å². The summed E-state index contributed by atoms with van der Waals surface area (Å²) in [5, 5.41) is 12.1. The van der Waals surface area contributed by atoms with Gasteiger partial charge < -0.3 is 10.4 Å². The molecule has 2 N–H and O–H groups in total. The molecule has 5 heteroatoms. The highest BCUT2D eigenvalue weighted by Gasteiger charge is 2.19. The van der Waals surface area contributed by atoms with E-state index in [9.17, 15) is 4.79 Å². The number of halogens is 1. The molecule has 0 saturated heterocycles. The monoisotopic (exact) mass is 284 g/mol. The second-order valence-corrected chi connectivity index (χ2v) is 5.73. The van der Waals surface area contributed by atoms with Gasteiger partial charge in [0.05, 0.1) is 0 Å². The fourth-order valence-electron chi connectivity index (χ4n) is 1.68. The lowest BCUT2D eigenvalue weighted by Crippen LogP contribution is -2.34. The van der Waals surface area contributed by atoms with E-state index >= 15 is 0 Å². The van der Waals surface area contributed by atoms with Crippen molar-refractivity contribution in [1.29, 1.82) is 0 Å². The summed E-state index contributed by atoms with van der Waals surface area (Å²) in [4.78, 5) is 16.2. The molecular formula is C14H21ClN2O2. The van der Waals surface area contributed by atoms with Crippen molar-refractivity contribution in [3.8, 4) is 0 Å². The number of nitrogens with one attached hydrogen (secondary N) is 1. The zero-order chi connectivity index (χ0) is 14.5. The van der Waals surface area contributed by atoms with Crippen molar-refractivity contribution in [2.45, 2.75) is 33.6 Å². The first-order valence-corrected chi connectivity index (χ1v) is 6.81. The maximum atomic E-state index is 12.1. The number of aryl methyl sites for hydroxylation is 1. The number of carbonyl (C=O) groups is 1. The summed E-state index contributed by atoms with van der Waals surface area (Å²) < 4.78 is 0. The lowest BCUT2D eigenvalue weighted by Gasteiger charge is -2.23. The normalized spacial score (nSPS) is 11.4. The van der Waals surface area contributed by atoms with E-state index in [2.05, 4.69) is 10.3 Å². The first-order chi connectivity index (χ1) is 8.88. The summed E-state index contributed by atoms with van der Waals surface area (Å²) in [6.07, 6.45) is 1.38. The van der Waals surface area contributed by atoms with Crippen LogP contribution in [0, 0.1) is 5.41 Å². The number of pyridine rings is 1. The standard InChI is InChI=1S/C14H21ClN2O2/c1-4-11-7-10(8-12(15)17-11)13(19)16-9-14(2,3)5-6-18/h7-8,18H,4-6,9H2,1-3H3,(H,16,19). The Hall–Kier alpha value is -1.13. The highest BCUT2D eigenvalue weighted by molar-refractivity contribution is 6.29. The van der Waals surface area contributed by atoms with Gasteiger partial charge in [-0.15, -0.1) is 0 Å². The van der Waals surface area contributed by atoms with Gasteiger partial charge in [-0.3, -0.25) is 4.79 Å². The second kappa shape index (κ2) is 6.87. The molecule has 0 aliphatic carbocycles. The number of aromatic nitrogens is 1. The van der Waals surface area contributed by atoms with Crippen molar-refractivity contribution in [3.05, 3.63) is 28.5 Å². The number of aliphatic hydroxyl groups is 1. The van der Waals surface area contributed by atoms with Gasteiger partial charge in [0, 0.05) is 24.4 Å². The van der Waals surface area contributed by atoms with Gasteiger partial charge in [-0.1, -0.05) is 32.4 Å². The number of nitrogens with zero attached hydrogens (tertiary/aromatic N) is 1.